The third kappa shape index (κ3) is 4.69. The highest BCUT2D eigenvalue weighted by molar-refractivity contribution is 5.78. The van der Waals surface area contributed by atoms with Gasteiger partial charge in [-0.25, -0.2) is 0 Å². The Morgan fingerprint density at radius 2 is 2.26 bits per heavy atom. The van der Waals surface area contributed by atoms with E-state index in [1.54, 1.807) is 0 Å². The van der Waals surface area contributed by atoms with Gasteiger partial charge in [0.2, 0.25) is 5.91 Å². The first-order valence-electron chi connectivity index (χ1n) is 7.09. The van der Waals surface area contributed by atoms with E-state index in [-0.39, 0.29) is 11.8 Å². The Bertz CT molecular complexity index is 371. The van der Waals surface area contributed by atoms with Crippen LogP contribution in [0.4, 0.5) is 0 Å². The summed E-state index contributed by atoms with van der Waals surface area (Å²) in [5, 5.41) is 6.33. The molecule has 0 saturated carbocycles. The fourth-order valence-corrected chi connectivity index (χ4v) is 2.38. The first-order valence-corrected chi connectivity index (χ1v) is 7.09. The molecule has 5 heteroatoms. The zero-order valence-corrected chi connectivity index (χ0v) is 11.6. The topological polar surface area (TPSA) is 60.2 Å². The average molecular weight is 264 g/mol. The highest BCUT2D eigenvalue weighted by atomic mass is 16.1. The van der Waals surface area contributed by atoms with E-state index in [0.717, 1.165) is 44.8 Å². The van der Waals surface area contributed by atoms with Gasteiger partial charge < -0.3 is 20.5 Å². The number of amides is 1. The van der Waals surface area contributed by atoms with Crippen molar-refractivity contribution in [1.82, 2.24) is 20.5 Å². The smallest absolute Gasteiger partial charge is 0.224 e. The van der Waals surface area contributed by atoms with Crippen LogP contribution in [0.3, 0.4) is 0 Å². The number of H-pyrrole nitrogens is 1. The van der Waals surface area contributed by atoms with Gasteiger partial charge in [0, 0.05) is 63.5 Å². The fourth-order valence-electron chi connectivity index (χ4n) is 2.38. The van der Waals surface area contributed by atoms with Gasteiger partial charge in [0.1, 0.15) is 0 Å². The molecule has 0 spiro atoms. The third-order valence-electron chi connectivity index (χ3n) is 3.55. The van der Waals surface area contributed by atoms with Crippen LogP contribution in [0.15, 0.2) is 18.3 Å². The summed E-state index contributed by atoms with van der Waals surface area (Å²) in [5.41, 5.74) is 1.16. The molecule has 0 bridgehead atoms. The minimum absolute atomic E-state index is 0.0572. The number of rotatable bonds is 6. The van der Waals surface area contributed by atoms with Gasteiger partial charge in [-0.1, -0.05) is 6.92 Å². The van der Waals surface area contributed by atoms with Crippen molar-refractivity contribution in [3.8, 4) is 0 Å². The van der Waals surface area contributed by atoms with Gasteiger partial charge in [-0.15, -0.1) is 0 Å². The Morgan fingerprint density at radius 1 is 1.47 bits per heavy atom. The van der Waals surface area contributed by atoms with Gasteiger partial charge in [0.15, 0.2) is 0 Å². The van der Waals surface area contributed by atoms with E-state index in [1.165, 1.54) is 0 Å². The largest absolute Gasteiger partial charge is 0.365 e. The molecule has 1 aromatic rings. The Labute approximate surface area is 114 Å². The van der Waals surface area contributed by atoms with E-state index in [0.29, 0.717) is 6.54 Å². The van der Waals surface area contributed by atoms with Gasteiger partial charge >= 0.3 is 0 Å². The quantitative estimate of drug-likeness (QED) is 0.688. The van der Waals surface area contributed by atoms with Crippen molar-refractivity contribution < 1.29 is 4.79 Å². The SMILES string of the molecule is CC(CN1CCNCC1)C(=O)NCCc1ccc[nH]1. The molecule has 2 heterocycles. The molecule has 1 unspecified atom stereocenters. The van der Waals surface area contributed by atoms with Gasteiger partial charge in [0.25, 0.3) is 0 Å². The lowest BCUT2D eigenvalue weighted by Gasteiger charge is -2.29. The van der Waals surface area contributed by atoms with Crippen LogP contribution in [-0.4, -0.2) is 55.1 Å². The van der Waals surface area contributed by atoms with Crippen LogP contribution in [0.5, 0.6) is 0 Å². The zero-order valence-electron chi connectivity index (χ0n) is 11.6. The number of carbonyl (C=O) groups excluding carboxylic acids is 1. The summed E-state index contributed by atoms with van der Waals surface area (Å²) < 4.78 is 0. The van der Waals surface area contributed by atoms with Crippen LogP contribution in [0.1, 0.15) is 12.6 Å². The highest BCUT2D eigenvalue weighted by Gasteiger charge is 2.18. The molecule has 19 heavy (non-hydrogen) atoms. The summed E-state index contributed by atoms with van der Waals surface area (Å²) in [6, 6.07) is 4.01. The van der Waals surface area contributed by atoms with Crippen LogP contribution < -0.4 is 10.6 Å². The summed E-state index contributed by atoms with van der Waals surface area (Å²) >= 11 is 0. The van der Waals surface area contributed by atoms with Crippen molar-refractivity contribution in [3.05, 3.63) is 24.0 Å². The number of hydrogen-bond acceptors (Lipinski definition) is 3. The maximum atomic E-state index is 12.0. The summed E-state index contributed by atoms with van der Waals surface area (Å²) in [6.07, 6.45) is 2.77. The van der Waals surface area contributed by atoms with E-state index in [1.807, 2.05) is 25.3 Å². The van der Waals surface area contributed by atoms with Crippen LogP contribution in [0.25, 0.3) is 0 Å². The molecular weight excluding hydrogens is 240 g/mol. The first-order chi connectivity index (χ1) is 9.25. The molecule has 1 amide bonds. The number of nitrogens with one attached hydrogen (secondary N) is 3. The molecule has 1 fully saturated rings. The number of hydrogen-bond donors (Lipinski definition) is 3. The summed E-state index contributed by atoms with van der Waals surface area (Å²) in [7, 11) is 0. The highest BCUT2D eigenvalue weighted by Crippen LogP contribution is 2.02. The monoisotopic (exact) mass is 264 g/mol. The van der Waals surface area contributed by atoms with E-state index >= 15 is 0 Å². The number of carbonyl (C=O) groups is 1. The molecule has 1 aliphatic rings. The van der Waals surface area contributed by atoms with E-state index < -0.39 is 0 Å². The van der Waals surface area contributed by atoms with Crippen molar-refractivity contribution in [2.24, 2.45) is 5.92 Å². The van der Waals surface area contributed by atoms with Crippen molar-refractivity contribution in [1.29, 1.82) is 0 Å². The molecule has 106 valence electrons. The molecule has 0 aliphatic carbocycles. The van der Waals surface area contributed by atoms with Gasteiger partial charge in [-0.3, -0.25) is 4.79 Å². The van der Waals surface area contributed by atoms with Crippen molar-refractivity contribution in [2.45, 2.75) is 13.3 Å². The Kier molecular flexibility index (Phi) is 5.42. The predicted octanol–water partition coefficient (Wildman–Crippen LogP) is 0.215. The third-order valence-corrected chi connectivity index (χ3v) is 3.55. The van der Waals surface area contributed by atoms with Crippen LogP contribution >= 0.6 is 0 Å². The van der Waals surface area contributed by atoms with Gasteiger partial charge in [0.05, 0.1) is 0 Å². The van der Waals surface area contributed by atoms with Crippen molar-refractivity contribution in [3.63, 3.8) is 0 Å². The molecule has 1 atom stereocenters. The Morgan fingerprint density at radius 3 is 2.95 bits per heavy atom. The molecule has 5 nitrogen and oxygen atoms in total. The second-order valence-corrected chi connectivity index (χ2v) is 5.19. The Balaban J connectivity index is 1.64. The maximum absolute atomic E-state index is 12.0. The van der Waals surface area contributed by atoms with Crippen LogP contribution in [0, 0.1) is 5.92 Å². The number of nitrogens with zero attached hydrogens (tertiary/aromatic N) is 1. The summed E-state index contributed by atoms with van der Waals surface area (Å²) in [6.45, 7) is 7.70. The molecule has 1 aliphatic heterocycles. The maximum Gasteiger partial charge on any atom is 0.224 e. The molecule has 3 N–H and O–H groups in total. The second-order valence-electron chi connectivity index (χ2n) is 5.19. The fraction of sp³-hybridized carbons (Fsp3) is 0.643. The number of aromatic nitrogens is 1. The van der Waals surface area contributed by atoms with E-state index in [9.17, 15) is 4.79 Å². The average Bonchev–Trinajstić information content (AvgIpc) is 2.93. The van der Waals surface area contributed by atoms with Crippen molar-refractivity contribution >= 4 is 5.91 Å². The normalized spacial score (nSPS) is 18.2. The number of aromatic amines is 1. The molecule has 1 aromatic heterocycles. The molecule has 2 rings (SSSR count). The summed E-state index contributed by atoms with van der Waals surface area (Å²) in [4.78, 5) is 17.5. The van der Waals surface area contributed by atoms with E-state index in [4.69, 9.17) is 0 Å². The lowest BCUT2D eigenvalue weighted by molar-refractivity contribution is -0.125. The van der Waals surface area contributed by atoms with Crippen molar-refractivity contribution in [2.75, 3.05) is 39.3 Å². The van der Waals surface area contributed by atoms with E-state index in [2.05, 4.69) is 20.5 Å². The second kappa shape index (κ2) is 7.31. The molecule has 1 saturated heterocycles. The number of piperazine rings is 1. The molecule has 0 radical (unpaired) electrons. The van der Waals surface area contributed by atoms with Crippen LogP contribution in [0.2, 0.25) is 0 Å². The van der Waals surface area contributed by atoms with Crippen LogP contribution in [-0.2, 0) is 11.2 Å². The molecular formula is C14H24N4O. The summed E-state index contributed by atoms with van der Waals surface area (Å²) in [5.74, 6) is 0.215. The minimum atomic E-state index is 0.0572. The minimum Gasteiger partial charge on any atom is -0.365 e. The Hall–Kier alpha value is -1.33. The zero-order chi connectivity index (χ0) is 13.5. The predicted molar refractivity (Wildman–Crippen MR) is 76.0 cm³/mol. The van der Waals surface area contributed by atoms with Gasteiger partial charge in [-0.05, 0) is 12.1 Å². The lowest BCUT2D eigenvalue weighted by Crippen LogP contribution is -2.47. The molecule has 0 aromatic carbocycles. The first kappa shape index (κ1) is 14.1. The van der Waals surface area contributed by atoms with Gasteiger partial charge in [-0.2, -0.15) is 0 Å². The lowest BCUT2D eigenvalue weighted by atomic mass is 10.1. The standard InChI is InChI=1S/C14H24N4O/c1-12(11-18-9-7-15-8-10-18)14(19)17-6-4-13-3-2-5-16-13/h2-3,5,12,15-16H,4,6-11H2,1H3,(H,17,19).